The normalized spacial score (nSPS) is 9.17. The number of carbonyl (C=O) groups is 1. The molecule has 0 heterocycles. The standard InChI is InChI=1S/C6H13O.CH2OS2.K/c1-5-7-6(2,3)4;2-1(3)4;/h5H,1-4H3;(H2,2,3,4);/q-1;;+1. The van der Waals surface area contributed by atoms with Crippen molar-refractivity contribution in [2.75, 3.05) is 0 Å². The van der Waals surface area contributed by atoms with E-state index in [9.17, 15) is 4.79 Å². The first kappa shape index (κ1) is 19.5. The molecule has 0 aromatic carbocycles. The van der Waals surface area contributed by atoms with Crippen LogP contribution in [0.2, 0.25) is 0 Å². The second kappa shape index (κ2) is 11.0. The van der Waals surface area contributed by atoms with Gasteiger partial charge in [-0.25, -0.2) is 6.61 Å². The van der Waals surface area contributed by atoms with E-state index in [1.165, 1.54) is 0 Å². The largest absolute Gasteiger partial charge is 1.00 e. The van der Waals surface area contributed by atoms with E-state index in [0.29, 0.717) is 0 Å². The fourth-order valence-corrected chi connectivity index (χ4v) is 0.354. The Kier molecular flexibility index (Phi) is 18.0. The second-order valence-corrected chi connectivity index (χ2v) is 3.91. The first-order valence-corrected chi connectivity index (χ1v) is 4.06. The van der Waals surface area contributed by atoms with Crippen LogP contribution in [0.25, 0.3) is 0 Å². The van der Waals surface area contributed by atoms with Gasteiger partial charge in [-0.2, -0.15) is 6.92 Å². The molecule has 0 fully saturated rings. The van der Waals surface area contributed by atoms with E-state index < -0.39 is 4.45 Å². The van der Waals surface area contributed by atoms with Crippen LogP contribution in [-0.2, 0) is 4.74 Å². The molecule has 5 heteroatoms. The third-order valence-corrected chi connectivity index (χ3v) is 0.471. The van der Waals surface area contributed by atoms with E-state index in [-0.39, 0.29) is 57.0 Å². The van der Waals surface area contributed by atoms with Crippen LogP contribution in [0.3, 0.4) is 0 Å². The minimum absolute atomic E-state index is 0. The summed E-state index contributed by atoms with van der Waals surface area (Å²) in [6.07, 6.45) is 0. The molecule has 0 aromatic heterocycles. The van der Waals surface area contributed by atoms with Crippen molar-refractivity contribution in [3.8, 4) is 0 Å². The summed E-state index contributed by atoms with van der Waals surface area (Å²) in [5, 5.41) is 0. The molecule has 0 amide bonds. The monoisotopic (exact) mass is 234 g/mol. The molecule has 0 spiro atoms. The SMILES string of the molecule is C[CH-]OC(C)(C)C.O=C(S)S.[K+]. The smallest absolute Gasteiger partial charge is 0.548 e. The van der Waals surface area contributed by atoms with Crippen molar-refractivity contribution in [1.29, 1.82) is 0 Å². The van der Waals surface area contributed by atoms with Crippen molar-refractivity contribution in [3.63, 3.8) is 0 Å². The quantitative estimate of drug-likeness (QED) is 0.378. The van der Waals surface area contributed by atoms with Crippen molar-refractivity contribution in [2.24, 2.45) is 0 Å². The van der Waals surface area contributed by atoms with Crippen LogP contribution in [0.4, 0.5) is 4.79 Å². The Bertz CT molecular complexity index is 108. The average molecular weight is 234 g/mol. The molecule has 0 unspecified atom stereocenters. The Labute approximate surface area is 128 Å². The van der Waals surface area contributed by atoms with E-state index in [1.54, 1.807) is 6.61 Å². The minimum Gasteiger partial charge on any atom is -0.548 e. The molecule has 0 saturated carbocycles. The van der Waals surface area contributed by atoms with Gasteiger partial charge in [0.1, 0.15) is 0 Å². The van der Waals surface area contributed by atoms with Gasteiger partial charge in [0.05, 0.1) is 0 Å². The van der Waals surface area contributed by atoms with Crippen LogP contribution in [0, 0.1) is 6.61 Å². The molecule has 0 aliphatic rings. The summed E-state index contributed by atoms with van der Waals surface area (Å²) in [6.45, 7) is 9.65. The maximum Gasteiger partial charge on any atom is 1.00 e. The molecular weight excluding hydrogens is 219 g/mol. The van der Waals surface area contributed by atoms with Gasteiger partial charge < -0.3 is 4.74 Å². The third-order valence-electron chi connectivity index (χ3n) is 0.471. The molecule has 0 aromatic rings. The zero-order valence-corrected chi connectivity index (χ0v) is 13.2. The Morgan fingerprint density at radius 2 is 1.58 bits per heavy atom. The van der Waals surface area contributed by atoms with Crippen molar-refractivity contribution in [1.82, 2.24) is 0 Å². The second-order valence-electron chi connectivity index (χ2n) is 2.75. The number of hydrogen-bond acceptors (Lipinski definition) is 2. The van der Waals surface area contributed by atoms with Gasteiger partial charge in [0, 0.05) is 5.60 Å². The zero-order valence-electron chi connectivity index (χ0n) is 8.29. The van der Waals surface area contributed by atoms with E-state index in [2.05, 4.69) is 25.3 Å². The fourth-order valence-electron chi connectivity index (χ4n) is 0.354. The van der Waals surface area contributed by atoms with Crippen LogP contribution in [0.5, 0.6) is 0 Å². The summed E-state index contributed by atoms with van der Waals surface area (Å²) in [7, 11) is 0. The van der Waals surface area contributed by atoms with Crippen LogP contribution >= 0.6 is 25.3 Å². The molecule has 0 rings (SSSR count). The first-order chi connectivity index (χ1) is 4.79. The molecular formula is C7H15KO2S2. The van der Waals surface area contributed by atoms with E-state index in [1.807, 2.05) is 27.7 Å². The predicted molar refractivity (Wildman–Crippen MR) is 54.2 cm³/mol. The first-order valence-electron chi connectivity index (χ1n) is 3.17. The summed E-state index contributed by atoms with van der Waals surface area (Å²) in [5.74, 6) is 0. The van der Waals surface area contributed by atoms with Crippen LogP contribution in [-0.4, -0.2) is 10.0 Å². The van der Waals surface area contributed by atoms with Crippen molar-refractivity contribution in [3.05, 3.63) is 6.61 Å². The number of hydrogen-bond donors (Lipinski definition) is 2. The van der Waals surface area contributed by atoms with E-state index in [4.69, 9.17) is 4.74 Å². The summed E-state index contributed by atoms with van der Waals surface area (Å²) in [5.41, 5.74) is -0.00521. The zero-order chi connectivity index (χ0) is 9.49. The Hall–Kier alpha value is 1.97. The molecule has 0 atom stereocenters. The molecule has 68 valence electrons. The Morgan fingerprint density at radius 1 is 1.33 bits per heavy atom. The summed E-state index contributed by atoms with van der Waals surface area (Å²) >= 11 is 6.38. The van der Waals surface area contributed by atoms with Gasteiger partial charge in [-0.3, -0.25) is 4.79 Å². The van der Waals surface area contributed by atoms with Crippen molar-refractivity contribution < 1.29 is 60.9 Å². The van der Waals surface area contributed by atoms with E-state index >= 15 is 0 Å². The van der Waals surface area contributed by atoms with Gasteiger partial charge in [0.25, 0.3) is 0 Å². The van der Waals surface area contributed by atoms with Gasteiger partial charge >= 0.3 is 51.4 Å². The van der Waals surface area contributed by atoms with Crippen LogP contribution < -0.4 is 51.4 Å². The molecule has 0 saturated heterocycles. The molecule has 12 heavy (non-hydrogen) atoms. The molecule has 0 bridgehead atoms. The number of ether oxygens (including phenoxy) is 1. The number of rotatable bonds is 1. The van der Waals surface area contributed by atoms with Crippen molar-refractivity contribution >= 4 is 29.7 Å². The van der Waals surface area contributed by atoms with Gasteiger partial charge in [-0.15, -0.1) is 0 Å². The van der Waals surface area contributed by atoms with Gasteiger partial charge in [-0.1, -0.05) is 25.3 Å². The maximum atomic E-state index is 9.17. The van der Waals surface area contributed by atoms with Gasteiger partial charge in [0.15, 0.2) is 0 Å². The molecule has 0 aliphatic heterocycles. The Balaban J connectivity index is -0.000000142. The predicted octanol–water partition coefficient (Wildman–Crippen LogP) is -0.0468. The molecule has 0 radical (unpaired) electrons. The maximum absolute atomic E-state index is 9.17. The minimum atomic E-state index is -0.444. The molecule has 0 aliphatic carbocycles. The van der Waals surface area contributed by atoms with Gasteiger partial charge in [-0.05, 0) is 20.8 Å². The molecule has 2 nitrogen and oxygen atoms in total. The Morgan fingerprint density at radius 3 is 1.58 bits per heavy atom. The van der Waals surface area contributed by atoms with E-state index in [0.717, 1.165) is 0 Å². The summed E-state index contributed by atoms with van der Waals surface area (Å²) < 4.78 is 4.66. The summed E-state index contributed by atoms with van der Waals surface area (Å²) in [4.78, 5) is 9.17. The average Bonchev–Trinajstić information content (AvgIpc) is 1.58. The van der Waals surface area contributed by atoms with Crippen LogP contribution in [0.1, 0.15) is 27.7 Å². The third kappa shape index (κ3) is 40.4. The number of carbonyl (C=O) groups excluding carboxylic acids is 1. The topological polar surface area (TPSA) is 26.3 Å². The number of thiol groups is 2. The summed E-state index contributed by atoms with van der Waals surface area (Å²) in [6, 6.07) is 0. The van der Waals surface area contributed by atoms with Gasteiger partial charge in [0.2, 0.25) is 4.45 Å². The fraction of sp³-hybridized carbons (Fsp3) is 0.714. The molecule has 0 N–H and O–H groups in total. The van der Waals surface area contributed by atoms with Crippen molar-refractivity contribution in [2.45, 2.75) is 33.3 Å². The van der Waals surface area contributed by atoms with Crippen LogP contribution in [0.15, 0.2) is 0 Å².